The second kappa shape index (κ2) is 8.24. The molecule has 11 nitrogen and oxygen atoms in total. The summed E-state index contributed by atoms with van der Waals surface area (Å²) >= 11 is 0. The molecule has 12 heteroatoms. The Balaban J connectivity index is 1.33. The number of aryl methyl sites for hydroxylation is 2. The molecule has 1 aliphatic heterocycles. The Bertz CT molecular complexity index is 1640. The van der Waals surface area contributed by atoms with Crippen molar-refractivity contribution in [3.63, 3.8) is 0 Å². The van der Waals surface area contributed by atoms with Crippen LogP contribution in [-0.4, -0.2) is 65.0 Å². The Kier molecular flexibility index (Phi) is 5.15. The third-order valence-corrected chi connectivity index (χ3v) is 8.48. The van der Waals surface area contributed by atoms with Crippen molar-refractivity contribution in [3.8, 4) is 5.69 Å². The van der Waals surface area contributed by atoms with Crippen LogP contribution in [0.1, 0.15) is 37.2 Å². The lowest BCUT2D eigenvalue weighted by Gasteiger charge is -2.30. The van der Waals surface area contributed by atoms with Crippen molar-refractivity contribution in [1.82, 2.24) is 43.4 Å². The van der Waals surface area contributed by atoms with E-state index in [0.29, 0.717) is 42.4 Å². The fourth-order valence-corrected chi connectivity index (χ4v) is 6.39. The monoisotopic (exact) mass is 491 g/mol. The van der Waals surface area contributed by atoms with E-state index in [1.807, 2.05) is 37.3 Å². The van der Waals surface area contributed by atoms with Gasteiger partial charge in [-0.3, -0.25) is 4.68 Å². The minimum atomic E-state index is -3.65. The summed E-state index contributed by atoms with van der Waals surface area (Å²) < 4.78 is 33.4. The number of aromatic nitrogens is 8. The van der Waals surface area contributed by atoms with Gasteiger partial charge in [0, 0.05) is 31.7 Å². The Morgan fingerprint density at radius 2 is 1.94 bits per heavy atom. The van der Waals surface area contributed by atoms with Crippen molar-refractivity contribution >= 4 is 26.7 Å². The van der Waals surface area contributed by atoms with Crippen LogP contribution in [0.4, 0.5) is 0 Å². The highest BCUT2D eigenvalue weighted by Crippen LogP contribution is 2.30. The van der Waals surface area contributed by atoms with Gasteiger partial charge < -0.3 is 0 Å². The fourth-order valence-electron chi connectivity index (χ4n) is 4.69. The molecule has 0 amide bonds. The van der Waals surface area contributed by atoms with Gasteiger partial charge in [-0.05, 0) is 38.8 Å². The minimum absolute atomic E-state index is 0.112. The second-order valence-corrected chi connectivity index (χ2v) is 10.7. The molecule has 0 saturated carbocycles. The molecule has 0 aliphatic carbocycles. The van der Waals surface area contributed by atoms with Crippen LogP contribution in [0, 0.1) is 6.92 Å². The van der Waals surface area contributed by atoms with E-state index in [1.54, 1.807) is 39.5 Å². The van der Waals surface area contributed by atoms with Crippen molar-refractivity contribution in [2.45, 2.75) is 44.0 Å². The first-order valence-electron chi connectivity index (χ1n) is 11.6. The number of rotatable bonds is 5. The van der Waals surface area contributed by atoms with Gasteiger partial charge in [0.05, 0.1) is 23.0 Å². The molecule has 35 heavy (non-hydrogen) atoms. The van der Waals surface area contributed by atoms with Crippen LogP contribution < -0.4 is 0 Å². The number of piperidine rings is 1. The molecule has 0 bridgehead atoms. The van der Waals surface area contributed by atoms with E-state index < -0.39 is 10.0 Å². The van der Waals surface area contributed by atoms with Gasteiger partial charge in [0.25, 0.3) is 0 Å². The highest BCUT2D eigenvalue weighted by atomic mass is 32.2. The van der Waals surface area contributed by atoms with Crippen LogP contribution in [0.3, 0.4) is 0 Å². The Labute approximate surface area is 202 Å². The molecule has 0 radical (unpaired) electrons. The number of para-hydroxylation sites is 1. The van der Waals surface area contributed by atoms with E-state index in [0.717, 1.165) is 23.9 Å². The molecule has 6 rings (SSSR count). The SMILES string of the molecule is CCn1cc(S(=O)(=O)N2CCCC(c3nc4c5cnn(-c6ccccc6)c5ncn4n3)C2)c(C)n1. The summed E-state index contributed by atoms with van der Waals surface area (Å²) in [5, 5.41) is 14.3. The van der Waals surface area contributed by atoms with Crippen molar-refractivity contribution in [2.75, 3.05) is 13.1 Å². The number of benzene rings is 1. The normalized spacial score (nSPS) is 17.5. The summed E-state index contributed by atoms with van der Waals surface area (Å²) in [6.45, 7) is 5.09. The van der Waals surface area contributed by atoms with Gasteiger partial charge in [0.1, 0.15) is 11.2 Å². The topological polar surface area (TPSA) is 116 Å². The first-order valence-corrected chi connectivity index (χ1v) is 13.1. The molecule has 1 fully saturated rings. The number of sulfonamides is 1. The summed E-state index contributed by atoms with van der Waals surface area (Å²) in [5.41, 5.74) is 2.78. The third-order valence-electron chi connectivity index (χ3n) is 6.51. The van der Waals surface area contributed by atoms with Crippen molar-refractivity contribution in [2.24, 2.45) is 0 Å². The molecule has 0 N–H and O–H groups in total. The molecule has 1 aliphatic rings. The average molecular weight is 492 g/mol. The lowest BCUT2D eigenvalue weighted by atomic mass is 9.99. The lowest BCUT2D eigenvalue weighted by molar-refractivity contribution is 0.309. The van der Waals surface area contributed by atoms with E-state index in [4.69, 9.17) is 4.98 Å². The molecule has 5 aromatic rings. The number of hydrogen-bond donors (Lipinski definition) is 0. The van der Waals surface area contributed by atoms with Crippen LogP contribution >= 0.6 is 0 Å². The molecular weight excluding hydrogens is 466 g/mol. The van der Waals surface area contributed by atoms with Crippen molar-refractivity contribution < 1.29 is 8.42 Å². The highest BCUT2D eigenvalue weighted by Gasteiger charge is 2.34. The minimum Gasteiger partial charge on any atom is -0.271 e. The van der Waals surface area contributed by atoms with Gasteiger partial charge >= 0.3 is 0 Å². The van der Waals surface area contributed by atoms with Gasteiger partial charge in [-0.2, -0.15) is 14.5 Å². The quantitative estimate of drug-likeness (QED) is 0.371. The lowest BCUT2D eigenvalue weighted by Crippen LogP contribution is -2.39. The first-order chi connectivity index (χ1) is 17.0. The molecule has 4 aromatic heterocycles. The number of nitrogens with zero attached hydrogens (tertiary/aromatic N) is 9. The molecule has 1 aromatic carbocycles. The molecule has 1 saturated heterocycles. The summed E-state index contributed by atoms with van der Waals surface area (Å²) in [6.07, 6.45) is 6.55. The maximum atomic E-state index is 13.4. The highest BCUT2D eigenvalue weighted by molar-refractivity contribution is 7.89. The predicted octanol–water partition coefficient (Wildman–Crippen LogP) is 2.56. The smallest absolute Gasteiger partial charge is 0.246 e. The van der Waals surface area contributed by atoms with Gasteiger partial charge in [0.2, 0.25) is 10.0 Å². The maximum absolute atomic E-state index is 13.4. The van der Waals surface area contributed by atoms with Crippen LogP contribution in [0.5, 0.6) is 0 Å². The zero-order valence-corrected chi connectivity index (χ0v) is 20.3. The zero-order valence-electron chi connectivity index (χ0n) is 19.5. The summed E-state index contributed by atoms with van der Waals surface area (Å²) in [4.78, 5) is 9.65. The van der Waals surface area contributed by atoms with Crippen LogP contribution in [-0.2, 0) is 16.6 Å². The zero-order chi connectivity index (χ0) is 24.2. The molecule has 180 valence electrons. The van der Waals surface area contributed by atoms with Crippen molar-refractivity contribution in [1.29, 1.82) is 0 Å². The van der Waals surface area contributed by atoms with E-state index in [-0.39, 0.29) is 10.8 Å². The summed E-state index contributed by atoms with van der Waals surface area (Å²) in [7, 11) is -3.65. The number of fused-ring (bicyclic) bond motifs is 3. The Morgan fingerprint density at radius 3 is 2.71 bits per heavy atom. The average Bonchev–Trinajstić information content (AvgIpc) is 3.60. The molecule has 1 atom stereocenters. The largest absolute Gasteiger partial charge is 0.271 e. The van der Waals surface area contributed by atoms with Gasteiger partial charge in [-0.1, -0.05) is 18.2 Å². The first kappa shape index (κ1) is 21.9. The van der Waals surface area contributed by atoms with Gasteiger partial charge in [0.15, 0.2) is 17.1 Å². The van der Waals surface area contributed by atoms with E-state index in [1.165, 1.54) is 4.31 Å². The fraction of sp³-hybridized carbons (Fsp3) is 0.348. The van der Waals surface area contributed by atoms with Crippen molar-refractivity contribution in [3.05, 3.63) is 60.6 Å². The Morgan fingerprint density at radius 1 is 1.11 bits per heavy atom. The van der Waals surface area contributed by atoms with Gasteiger partial charge in [-0.15, -0.1) is 5.10 Å². The molecular formula is C23H25N9O2S. The van der Waals surface area contributed by atoms with E-state index in [2.05, 4.69) is 20.3 Å². The maximum Gasteiger partial charge on any atom is 0.246 e. The third kappa shape index (κ3) is 3.60. The van der Waals surface area contributed by atoms with E-state index in [9.17, 15) is 8.42 Å². The van der Waals surface area contributed by atoms with Crippen LogP contribution in [0.25, 0.3) is 22.4 Å². The van der Waals surface area contributed by atoms with Crippen LogP contribution in [0.2, 0.25) is 0 Å². The molecule has 5 heterocycles. The van der Waals surface area contributed by atoms with Gasteiger partial charge in [-0.25, -0.2) is 27.6 Å². The molecule has 0 spiro atoms. The predicted molar refractivity (Wildman–Crippen MR) is 129 cm³/mol. The van der Waals surface area contributed by atoms with E-state index >= 15 is 0 Å². The summed E-state index contributed by atoms with van der Waals surface area (Å²) in [5.74, 6) is 0.506. The Hall–Kier alpha value is -3.64. The standard InChI is InChI=1S/C23H25N9O2S/c1-3-29-14-20(16(2)27-29)35(33,34)30-11-7-8-17(13-30)21-26-23-19-12-25-32(18-9-5-4-6-10-18)22(19)24-15-31(23)28-21/h4-6,9-10,12,14-15,17H,3,7-8,11,13H2,1-2H3. The summed E-state index contributed by atoms with van der Waals surface area (Å²) in [6, 6.07) is 9.80. The second-order valence-electron chi connectivity index (χ2n) is 8.75. The number of hydrogen-bond acceptors (Lipinski definition) is 7. The van der Waals surface area contributed by atoms with Crippen LogP contribution in [0.15, 0.2) is 53.9 Å². The molecule has 1 unspecified atom stereocenters.